The van der Waals surface area contributed by atoms with Crippen LogP contribution in [0.15, 0.2) is 12.4 Å². The Labute approximate surface area is 51.7 Å². The number of aromatic nitrogens is 2. The summed E-state index contributed by atoms with van der Waals surface area (Å²) in [6.07, 6.45) is 2.90. The number of nitrogens with zero attached hydrogens (tertiary/aromatic N) is 2. The number of aliphatic carboxylic acids is 1. The highest BCUT2D eigenvalue weighted by Crippen LogP contribution is 1.81. The SMILES string of the molecule is O=C(O)Cn1c[c]cn1. The maximum atomic E-state index is 9.99. The van der Waals surface area contributed by atoms with Crippen LogP contribution < -0.4 is 0 Å². The van der Waals surface area contributed by atoms with Gasteiger partial charge in [0.05, 0.1) is 6.20 Å². The van der Waals surface area contributed by atoms with Gasteiger partial charge in [0.2, 0.25) is 0 Å². The lowest BCUT2D eigenvalue weighted by Gasteiger charge is -1.91. The molecule has 0 aliphatic rings. The molecule has 4 nitrogen and oxygen atoms in total. The van der Waals surface area contributed by atoms with Gasteiger partial charge in [-0.15, -0.1) is 0 Å². The molecule has 1 heterocycles. The molecule has 0 saturated heterocycles. The summed E-state index contributed by atoms with van der Waals surface area (Å²) in [5.74, 6) is -0.896. The minimum absolute atomic E-state index is 0.0938. The normalized spacial score (nSPS) is 9.33. The van der Waals surface area contributed by atoms with Crippen LogP contribution in [0.5, 0.6) is 0 Å². The molecule has 0 spiro atoms. The third kappa shape index (κ3) is 1.56. The first-order valence-electron chi connectivity index (χ1n) is 2.39. The first kappa shape index (κ1) is 5.81. The van der Waals surface area contributed by atoms with Gasteiger partial charge in [-0.25, -0.2) is 0 Å². The molecule has 0 aromatic carbocycles. The van der Waals surface area contributed by atoms with Gasteiger partial charge in [-0.1, -0.05) is 0 Å². The molecule has 4 heteroatoms. The Morgan fingerprint density at radius 3 is 3.11 bits per heavy atom. The maximum Gasteiger partial charge on any atom is 0.325 e. The maximum absolute atomic E-state index is 9.99. The molecule has 0 saturated carbocycles. The van der Waals surface area contributed by atoms with E-state index in [4.69, 9.17) is 5.11 Å². The molecule has 0 atom stereocenters. The van der Waals surface area contributed by atoms with E-state index in [0.717, 1.165) is 0 Å². The fourth-order valence-corrected chi connectivity index (χ4v) is 0.485. The Bertz CT molecular complexity index is 193. The minimum Gasteiger partial charge on any atom is -0.480 e. The van der Waals surface area contributed by atoms with Crippen molar-refractivity contribution >= 4 is 5.97 Å². The minimum atomic E-state index is -0.896. The molecule has 9 heavy (non-hydrogen) atoms. The van der Waals surface area contributed by atoms with Gasteiger partial charge in [0.1, 0.15) is 6.54 Å². The van der Waals surface area contributed by atoms with Crippen molar-refractivity contribution in [2.75, 3.05) is 0 Å². The summed E-state index contributed by atoms with van der Waals surface area (Å²) in [6.45, 7) is -0.0938. The van der Waals surface area contributed by atoms with E-state index in [0.29, 0.717) is 0 Å². The van der Waals surface area contributed by atoms with Gasteiger partial charge in [0.25, 0.3) is 0 Å². The topological polar surface area (TPSA) is 55.1 Å². The van der Waals surface area contributed by atoms with Crippen LogP contribution in [-0.2, 0) is 11.3 Å². The fraction of sp³-hybridized carbons (Fsp3) is 0.200. The van der Waals surface area contributed by atoms with Crippen LogP contribution in [0.1, 0.15) is 0 Å². The van der Waals surface area contributed by atoms with E-state index < -0.39 is 5.97 Å². The zero-order valence-electron chi connectivity index (χ0n) is 4.61. The smallest absolute Gasteiger partial charge is 0.325 e. The average Bonchev–Trinajstić information content (AvgIpc) is 2.15. The highest BCUT2D eigenvalue weighted by atomic mass is 16.4. The monoisotopic (exact) mass is 125 g/mol. The first-order valence-corrected chi connectivity index (χ1v) is 2.39. The van der Waals surface area contributed by atoms with E-state index in [-0.39, 0.29) is 6.54 Å². The van der Waals surface area contributed by atoms with Gasteiger partial charge in [-0.2, -0.15) is 5.10 Å². The number of carboxylic acid groups (broad SMARTS) is 1. The third-order valence-corrected chi connectivity index (χ3v) is 0.801. The summed E-state index contributed by atoms with van der Waals surface area (Å²) in [4.78, 5) is 9.99. The molecule has 0 fully saturated rings. The summed E-state index contributed by atoms with van der Waals surface area (Å²) >= 11 is 0. The van der Waals surface area contributed by atoms with Crippen molar-refractivity contribution in [3.63, 3.8) is 0 Å². The number of carboxylic acids is 1. The fourth-order valence-electron chi connectivity index (χ4n) is 0.485. The van der Waals surface area contributed by atoms with E-state index in [2.05, 4.69) is 11.2 Å². The lowest BCUT2D eigenvalue weighted by Crippen LogP contribution is -2.08. The predicted molar refractivity (Wildman–Crippen MR) is 28.7 cm³/mol. The lowest BCUT2D eigenvalue weighted by molar-refractivity contribution is -0.137. The zero-order chi connectivity index (χ0) is 6.69. The van der Waals surface area contributed by atoms with Gasteiger partial charge in [-0.3, -0.25) is 9.48 Å². The van der Waals surface area contributed by atoms with Crippen molar-refractivity contribution in [3.05, 3.63) is 18.5 Å². The van der Waals surface area contributed by atoms with Gasteiger partial charge in [0.15, 0.2) is 0 Å². The number of hydrogen-bond donors (Lipinski definition) is 1. The standard InChI is InChI=1S/C5H5N2O2/c8-5(9)4-7-3-1-2-6-7/h2-3H,4H2,(H,8,9). The second-order valence-electron chi connectivity index (χ2n) is 1.53. The van der Waals surface area contributed by atoms with Crippen LogP contribution in [0.2, 0.25) is 0 Å². The summed E-state index contributed by atoms with van der Waals surface area (Å²) < 4.78 is 1.29. The molecule has 47 valence electrons. The van der Waals surface area contributed by atoms with E-state index in [1.165, 1.54) is 17.1 Å². The van der Waals surface area contributed by atoms with Crippen LogP contribution >= 0.6 is 0 Å². The summed E-state index contributed by atoms with van der Waals surface area (Å²) in [7, 11) is 0. The van der Waals surface area contributed by atoms with E-state index >= 15 is 0 Å². The van der Waals surface area contributed by atoms with Crippen molar-refractivity contribution in [1.82, 2.24) is 9.78 Å². The Morgan fingerprint density at radius 1 is 1.89 bits per heavy atom. The molecule has 0 amide bonds. The van der Waals surface area contributed by atoms with E-state index in [9.17, 15) is 4.79 Å². The van der Waals surface area contributed by atoms with Crippen molar-refractivity contribution < 1.29 is 9.90 Å². The molecule has 1 rings (SSSR count). The molecular formula is C5H5N2O2. The van der Waals surface area contributed by atoms with Crippen molar-refractivity contribution in [2.24, 2.45) is 0 Å². The van der Waals surface area contributed by atoms with Crippen LogP contribution in [0.4, 0.5) is 0 Å². The number of carbonyl (C=O) groups is 1. The number of rotatable bonds is 2. The van der Waals surface area contributed by atoms with Gasteiger partial charge in [-0.05, 0) is 0 Å². The molecule has 0 aliphatic heterocycles. The van der Waals surface area contributed by atoms with Crippen molar-refractivity contribution in [3.8, 4) is 0 Å². The van der Waals surface area contributed by atoms with E-state index in [1.54, 1.807) is 0 Å². The van der Waals surface area contributed by atoms with Gasteiger partial charge < -0.3 is 5.11 Å². The predicted octanol–water partition coefficient (Wildman–Crippen LogP) is -0.232. The zero-order valence-corrected chi connectivity index (χ0v) is 4.61. The number of hydrogen-bond acceptors (Lipinski definition) is 2. The molecule has 1 radical (unpaired) electrons. The molecule has 0 unspecified atom stereocenters. The van der Waals surface area contributed by atoms with Gasteiger partial charge >= 0.3 is 5.97 Å². The molecule has 0 aliphatic carbocycles. The van der Waals surface area contributed by atoms with Crippen LogP contribution in [0.25, 0.3) is 0 Å². The second-order valence-corrected chi connectivity index (χ2v) is 1.53. The molecule has 1 aromatic rings. The largest absolute Gasteiger partial charge is 0.480 e. The first-order chi connectivity index (χ1) is 4.29. The van der Waals surface area contributed by atoms with Gasteiger partial charge in [0, 0.05) is 12.3 Å². The van der Waals surface area contributed by atoms with Crippen LogP contribution in [-0.4, -0.2) is 20.9 Å². The Kier molecular flexibility index (Phi) is 1.48. The molecule has 1 N–H and O–H groups in total. The van der Waals surface area contributed by atoms with Crippen molar-refractivity contribution in [1.29, 1.82) is 0 Å². The third-order valence-electron chi connectivity index (χ3n) is 0.801. The quantitative estimate of drug-likeness (QED) is 0.593. The highest BCUT2D eigenvalue weighted by molar-refractivity contribution is 5.66. The second kappa shape index (κ2) is 2.30. The molecule has 1 aromatic heterocycles. The lowest BCUT2D eigenvalue weighted by atomic mass is 10.6. The summed E-state index contributed by atoms with van der Waals surface area (Å²) in [5.41, 5.74) is 0. The van der Waals surface area contributed by atoms with Crippen LogP contribution in [0.3, 0.4) is 0 Å². The Balaban J connectivity index is 2.58. The molecule has 0 bridgehead atoms. The van der Waals surface area contributed by atoms with Crippen molar-refractivity contribution in [2.45, 2.75) is 6.54 Å². The Morgan fingerprint density at radius 2 is 2.67 bits per heavy atom. The Hall–Kier alpha value is -1.32. The highest BCUT2D eigenvalue weighted by Gasteiger charge is 1.95. The molecular weight excluding hydrogens is 120 g/mol. The average molecular weight is 125 g/mol. The van der Waals surface area contributed by atoms with E-state index in [1.807, 2.05) is 0 Å². The summed E-state index contributed by atoms with van der Waals surface area (Å²) in [5, 5.41) is 11.8. The van der Waals surface area contributed by atoms with Crippen LogP contribution in [0, 0.1) is 6.07 Å². The summed E-state index contributed by atoms with van der Waals surface area (Å²) in [6, 6.07) is 2.62.